The Morgan fingerprint density at radius 3 is 2.58 bits per heavy atom. The lowest BCUT2D eigenvalue weighted by atomic mass is 9.81. The number of benzene rings is 1. The zero-order valence-corrected chi connectivity index (χ0v) is 11.9. The fourth-order valence-electron chi connectivity index (χ4n) is 2.30. The Balaban J connectivity index is 3.11. The molecule has 0 aromatic heterocycles. The Labute approximate surface area is 113 Å². The number of hydrogen-bond donors (Lipinski definition) is 1. The first kappa shape index (κ1) is 15.5. The predicted molar refractivity (Wildman–Crippen MR) is 71.8 cm³/mol. The number of carbonyl (C=O) groups excluding carboxylic acids is 1. The lowest BCUT2D eigenvalue weighted by Gasteiger charge is -2.24. The van der Waals surface area contributed by atoms with Crippen LogP contribution < -0.4 is 0 Å². The number of phenols is 1. The van der Waals surface area contributed by atoms with Crippen LogP contribution in [-0.4, -0.2) is 18.2 Å². The summed E-state index contributed by atoms with van der Waals surface area (Å²) in [5, 5.41) is 9.81. The van der Waals surface area contributed by atoms with Crippen LogP contribution in [0.15, 0.2) is 12.1 Å². The van der Waals surface area contributed by atoms with Gasteiger partial charge in [-0.25, -0.2) is 9.18 Å². The second kappa shape index (κ2) is 6.04. The van der Waals surface area contributed by atoms with Crippen molar-refractivity contribution in [1.82, 2.24) is 0 Å². The van der Waals surface area contributed by atoms with Crippen LogP contribution in [-0.2, 0) is 11.2 Å². The monoisotopic (exact) mass is 268 g/mol. The van der Waals surface area contributed by atoms with Crippen LogP contribution in [0.2, 0.25) is 0 Å². The van der Waals surface area contributed by atoms with Crippen molar-refractivity contribution < 1.29 is 19.0 Å². The first-order valence-electron chi connectivity index (χ1n) is 6.40. The second-order valence-electron chi connectivity index (χ2n) is 5.54. The van der Waals surface area contributed by atoms with Crippen LogP contribution in [0.1, 0.15) is 49.5 Å². The summed E-state index contributed by atoms with van der Waals surface area (Å²) in [5.41, 5.74) is 0.417. The minimum atomic E-state index is -0.763. The molecule has 0 heterocycles. The molecule has 1 N–H and O–H groups in total. The molecular formula is C15H21FO3. The van der Waals surface area contributed by atoms with Gasteiger partial charge in [0.25, 0.3) is 0 Å². The summed E-state index contributed by atoms with van der Waals surface area (Å²) in [6.45, 7) is 6.25. The summed E-state index contributed by atoms with van der Waals surface area (Å²) in [4.78, 5) is 11.4. The predicted octanol–water partition coefficient (Wildman–Crippen LogP) is 3.69. The number of aromatic hydroxyl groups is 1. The Hall–Kier alpha value is -1.58. The van der Waals surface area contributed by atoms with Crippen molar-refractivity contribution in [2.75, 3.05) is 7.11 Å². The average Bonchev–Trinajstić information content (AvgIpc) is 2.31. The smallest absolute Gasteiger partial charge is 0.340 e. The van der Waals surface area contributed by atoms with E-state index in [1.807, 2.05) is 0 Å². The molecule has 0 aliphatic heterocycles. The summed E-state index contributed by atoms with van der Waals surface area (Å²) in [6, 6.07) is 2.36. The highest BCUT2D eigenvalue weighted by Gasteiger charge is 2.22. The molecule has 0 saturated heterocycles. The van der Waals surface area contributed by atoms with Crippen molar-refractivity contribution in [1.29, 1.82) is 0 Å². The van der Waals surface area contributed by atoms with E-state index >= 15 is 0 Å². The van der Waals surface area contributed by atoms with Gasteiger partial charge in [-0.3, -0.25) is 0 Å². The highest BCUT2D eigenvalue weighted by molar-refractivity contribution is 5.90. The maximum atomic E-state index is 13.6. The molecule has 0 saturated carbocycles. The van der Waals surface area contributed by atoms with Crippen LogP contribution >= 0.6 is 0 Å². The SMILES string of the molecule is CCCC(C)(C)Cc1cc(C(=O)OC)c(F)cc1O. The zero-order chi connectivity index (χ0) is 14.6. The van der Waals surface area contributed by atoms with Crippen LogP contribution in [0.25, 0.3) is 0 Å². The molecule has 4 heteroatoms. The quantitative estimate of drug-likeness (QED) is 0.828. The Morgan fingerprint density at radius 2 is 2.05 bits per heavy atom. The van der Waals surface area contributed by atoms with Crippen molar-refractivity contribution in [3.05, 3.63) is 29.1 Å². The second-order valence-corrected chi connectivity index (χ2v) is 5.54. The van der Waals surface area contributed by atoms with Gasteiger partial charge < -0.3 is 9.84 Å². The maximum Gasteiger partial charge on any atom is 0.340 e. The van der Waals surface area contributed by atoms with E-state index in [9.17, 15) is 14.3 Å². The van der Waals surface area contributed by atoms with E-state index < -0.39 is 11.8 Å². The molecule has 0 aliphatic carbocycles. The molecule has 3 nitrogen and oxygen atoms in total. The van der Waals surface area contributed by atoms with Gasteiger partial charge in [-0.1, -0.05) is 27.2 Å². The largest absolute Gasteiger partial charge is 0.508 e. The number of rotatable bonds is 5. The summed E-state index contributed by atoms with van der Waals surface area (Å²) in [6.07, 6.45) is 2.59. The number of hydrogen-bond acceptors (Lipinski definition) is 3. The molecule has 1 aromatic carbocycles. The van der Waals surface area contributed by atoms with Gasteiger partial charge in [-0.2, -0.15) is 0 Å². The molecule has 0 bridgehead atoms. The number of esters is 1. The van der Waals surface area contributed by atoms with E-state index in [2.05, 4.69) is 25.5 Å². The molecule has 0 atom stereocenters. The number of ether oxygens (including phenoxy) is 1. The molecule has 106 valence electrons. The maximum absolute atomic E-state index is 13.6. The van der Waals surface area contributed by atoms with E-state index in [-0.39, 0.29) is 16.7 Å². The van der Waals surface area contributed by atoms with Crippen LogP contribution in [0.5, 0.6) is 5.75 Å². The van der Waals surface area contributed by atoms with Crippen LogP contribution in [0.4, 0.5) is 4.39 Å². The van der Waals surface area contributed by atoms with Gasteiger partial charge in [-0.05, 0) is 29.9 Å². The van der Waals surface area contributed by atoms with E-state index in [1.165, 1.54) is 13.2 Å². The Morgan fingerprint density at radius 1 is 1.42 bits per heavy atom. The van der Waals surface area contributed by atoms with E-state index in [0.29, 0.717) is 12.0 Å². The van der Waals surface area contributed by atoms with E-state index in [1.54, 1.807) is 0 Å². The highest BCUT2D eigenvalue weighted by Crippen LogP contribution is 2.32. The van der Waals surface area contributed by atoms with Crippen LogP contribution in [0, 0.1) is 11.2 Å². The fraction of sp³-hybridized carbons (Fsp3) is 0.533. The minimum absolute atomic E-state index is 0.0164. The van der Waals surface area contributed by atoms with E-state index in [4.69, 9.17) is 0 Å². The van der Waals surface area contributed by atoms with Gasteiger partial charge in [0.15, 0.2) is 0 Å². The van der Waals surface area contributed by atoms with Crippen molar-refractivity contribution in [3.8, 4) is 5.75 Å². The molecule has 1 aromatic rings. The highest BCUT2D eigenvalue weighted by atomic mass is 19.1. The lowest BCUT2D eigenvalue weighted by Crippen LogP contribution is -2.15. The molecule has 0 radical (unpaired) electrons. The molecular weight excluding hydrogens is 247 g/mol. The van der Waals surface area contributed by atoms with Gasteiger partial charge >= 0.3 is 5.97 Å². The number of carbonyl (C=O) groups is 1. The summed E-state index contributed by atoms with van der Waals surface area (Å²) < 4.78 is 18.1. The molecule has 0 amide bonds. The van der Waals surface area contributed by atoms with Gasteiger partial charge in [0.05, 0.1) is 12.7 Å². The lowest BCUT2D eigenvalue weighted by molar-refractivity contribution is 0.0595. The van der Waals surface area contributed by atoms with Crippen molar-refractivity contribution >= 4 is 5.97 Å². The average molecular weight is 268 g/mol. The first-order chi connectivity index (χ1) is 8.80. The normalized spacial score (nSPS) is 11.4. The zero-order valence-electron chi connectivity index (χ0n) is 11.9. The molecule has 19 heavy (non-hydrogen) atoms. The molecule has 0 aliphatic rings. The van der Waals surface area contributed by atoms with Crippen LogP contribution in [0.3, 0.4) is 0 Å². The van der Waals surface area contributed by atoms with Gasteiger partial charge in [0, 0.05) is 6.07 Å². The van der Waals surface area contributed by atoms with Gasteiger partial charge in [0.2, 0.25) is 0 Å². The summed E-state index contributed by atoms with van der Waals surface area (Å²) >= 11 is 0. The van der Waals surface area contributed by atoms with E-state index in [0.717, 1.165) is 18.9 Å². The van der Waals surface area contributed by atoms with Crippen molar-refractivity contribution in [2.24, 2.45) is 5.41 Å². The third-order valence-electron chi connectivity index (χ3n) is 3.17. The molecule has 1 rings (SSSR count). The first-order valence-corrected chi connectivity index (χ1v) is 6.40. The van der Waals surface area contributed by atoms with Crippen molar-refractivity contribution in [2.45, 2.75) is 40.0 Å². The number of methoxy groups -OCH3 is 1. The van der Waals surface area contributed by atoms with Gasteiger partial charge in [-0.15, -0.1) is 0 Å². The molecule has 0 spiro atoms. The standard InChI is InChI=1S/C15H21FO3/c1-5-6-15(2,3)9-10-7-11(14(18)19-4)12(16)8-13(10)17/h7-8,17H,5-6,9H2,1-4H3. The molecule has 0 unspecified atom stereocenters. The third kappa shape index (κ3) is 3.94. The summed E-state index contributed by atoms with van der Waals surface area (Å²) in [5.74, 6) is -1.61. The number of phenolic OH excluding ortho intramolecular Hbond substituents is 1. The third-order valence-corrected chi connectivity index (χ3v) is 3.17. The minimum Gasteiger partial charge on any atom is -0.508 e. The number of halogens is 1. The molecule has 0 fully saturated rings. The Bertz CT molecular complexity index is 467. The topological polar surface area (TPSA) is 46.5 Å². The summed E-state index contributed by atoms with van der Waals surface area (Å²) in [7, 11) is 1.20. The fourth-order valence-corrected chi connectivity index (χ4v) is 2.30. The Kier molecular flexibility index (Phi) is 4.92. The van der Waals surface area contributed by atoms with Gasteiger partial charge in [0.1, 0.15) is 11.6 Å². The van der Waals surface area contributed by atoms with Crippen molar-refractivity contribution in [3.63, 3.8) is 0 Å².